The van der Waals surface area contributed by atoms with Crippen molar-refractivity contribution in [2.45, 2.75) is 32.7 Å². The summed E-state index contributed by atoms with van der Waals surface area (Å²) >= 11 is 0. The molecule has 1 rings (SSSR count). The van der Waals surface area contributed by atoms with Crippen molar-refractivity contribution in [2.24, 2.45) is 5.73 Å². The van der Waals surface area contributed by atoms with Gasteiger partial charge < -0.3 is 10.2 Å². The van der Waals surface area contributed by atoms with Gasteiger partial charge in [0.15, 0.2) is 0 Å². The molecule has 92 valence electrons. The Morgan fingerprint density at radius 2 is 2.06 bits per heavy atom. The van der Waals surface area contributed by atoms with E-state index in [1.54, 1.807) is 0 Å². The summed E-state index contributed by atoms with van der Waals surface area (Å²) in [4.78, 5) is 0. The zero-order valence-electron chi connectivity index (χ0n) is 9.99. The van der Waals surface area contributed by atoms with Crippen LogP contribution in [0.5, 0.6) is 0 Å². The molecule has 0 fully saturated rings. The lowest BCUT2D eigenvalue weighted by Crippen LogP contribution is -2.13. The molecule has 0 aliphatic rings. The topological polar surface area (TPSA) is 73.3 Å². The summed E-state index contributed by atoms with van der Waals surface area (Å²) in [5.41, 5.74) is 6.96. The Labute approximate surface area is 96.7 Å². The van der Waals surface area contributed by atoms with Crippen LogP contribution in [0.25, 0.3) is 0 Å². The molecule has 0 radical (unpaired) electrons. The van der Waals surface area contributed by atoms with Gasteiger partial charge in [-0.25, -0.2) is 8.42 Å². The van der Waals surface area contributed by atoms with E-state index in [4.69, 9.17) is 10.2 Å². The molecule has 1 atom stereocenters. The second kappa shape index (κ2) is 5.01. The van der Waals surface area contributed by atoms with E-state index in [0.717, 1.165) is 17.1 Å². The summed E-state index contributed by atoms with van der Waals surface area (Å²) in [5.74, 6) is 1.85. The minimum Gasteiger partial charge on any atom is -0.466 e. The smallest absolute Gasteiger partial charge is 0.147 e. The van der Waals surface area contributed by atoms with Crippen LogP contribution in [-0.2, 0) is 9.84 Å². The highest BCUT2D eigenvalue weighted by Gasteiger charge is 2.13. The summed E-state index contributed by atoms with van der Waals surface area (Å²) in [7, 11) is -2.89. The molecule has 16 heavy (non-hydrogen) atoms. The molecule has 0 amide bonds. The van der Waals surface area contributed by atoms with E-state index in [-0.39, 0.29) is 11.8 Å². The number of rotatable bonds is 5. The van der Waals surface area contributed by atoms with Gasteiger partial charge in [-0.2, -0.15) is 0 Å². The molecule has 0 aliphatic carbocycles. The van der Waals surface area contributed by atoms with Crippen LogP contribution in [0.3, 0.4) is 0 Å². The van der Waals surface area contributed by atoms with E-state index in [9.17, 15) is 8.42 Å². The number of sulfone groups is 1. The van der Waals surface area contributed by atoms with Crippen molar-refractivity contribution in [1.29, 1.82) is 0 Å². The van der Waals surface area contributed by atoms with Gasteiger partial charge in [0.05, 0.1) is 0 Å². The number of hydrogen-bond donors (Lipinski definition) is 1. The van der Waals surface area contributed by atoms with Crippen LogP contribution < -0.4 is 5.73 Å². The molecule has 4 nitrogen and oxygen atoms in total. The molecule has 0 saturated heterocycles. The van der Waals surface area contributed by atoms with Crippen molar-refractivity contribution in [3.63, 3.8) is 0 Å². The average Bonchev–Trinajstić information content (AvgIpc) is 2.43. The minimum absolute atomic E-state index is 0.140. The predicted molar refractivity (Wildman–Crippen MR) is 64.1 cm³/mol. The Morgan fingerprint density at radius 1 is 1.44 bits per heavy atom. The molecular formula is C11H19NO3S. The van der Waals surface area contributed by atoms with Gasteiger partial charge in [0.25, 0.3) is 0 Å². The first-order valence-electron chi connectivity index (χ1n) is 5.30. The van der Waals surface area contributed by atoms with E-state index in [1.165, 1.54) is 6.26 Å². The zero-order valence-corrected chi connectivity index (χ0v) is 10.8. The van der Waals surface area contributed by atoms with Crippen LogP contribution in [0, 0.1) is 13.8 Å². The lowest BCUT2D eigenvalue weighted by atomic mass is 10.0. The monoisotopic (exact) mass is 245 g/mol. The first-order chi connectivity index (χ1) is 7.29. The van der Waals surface area contributed by atoms with Gasteiger partial charge in [0.2, 0.25) is 0 Å². The summed E-state index contributed by atoms with van der Waals surface area (Å²) in [6.45, 7) is 3.75. The van der Waals surface area contributed by atoms with Gasteiger partial charge in [0, 0.05) is 23.6 Å². The van der Waals surface area contributed by atoms with E-state index >= 15 is 0 Å². The lowest BCUT2D eigenvalue weighted by Gasteiger charge is -2.09. The fourth-order valence-electron chi connectivity index (χ4n) is 1.74. The number of furan rings is 1. The molecule has 1 aromatic heterocycles. The van der Waals surface area contributed by atoms with Crippen LogP contribution in [0.4, 0.5) is 0 Å². The van der Waals surface area contributed by atoms with E-state index < -0.39 is 9.84 Å². The average molecular weight is 245 g/mol. The lowest BCUT2D eigenvalue weighted by molar-refractivity contribution is 0.495. The molecule has 1 unspecified atom stereocenters. The molecule has 2 N–H and O–H groups in total. The summed E-state index contributed by atoms with van der Waals surface area (Å²) in [6.07, 6.45) is 2.49. The Kier molecular flexibility index (Phi) is 4.15. The van der Waals surface area contributed by atoms with Crippen LogP contribution >= 0.6 is 0 Å². The SMILES string of the molecule is Cc1cc(C(N)CCCS(C)(=O)=O)c(C)o1. The summed E-state index contributed by atoms with van der Waals surface area (Å²) < 4.78 is 27.3. The molecule has 5 heteroatoms. The van der Waals surface area contributed by atoms with E-state index in [1.807, 2.05) is 19.9 Å². The Balaban J connectivity index is 2.53. The minimum atomic E-state index is -2.89. The number of hydrogen-bond acceptors (Lipinski definition) is 4. The van der Waals surface area contributed by atoms with Crippen molar-refractivity contribution in [3.05, 3.63) is 23.2 Å². The van der Waals surface area contributed by atoms with E-state index in [0.29, 0.717) is 12.8 Å². The maximum Gasteiger partial charge on any atom is 0.147 e. The van der Waals surface area contributed by atoms with E-state index in [2.05, 4.69) is 0 Å². The van der Waals surface area contributed by atoms with Gasteiger partial charge in [-0.1, -0.05) is 0 Å². The first kappa shape index (κ1) is 13.3. The Morgan fingerprint density at radius 3 is 2.50 bits per heavy atom. The highest BCUT2D eigenvalue weighted by atomic mass is 32.2. The first-order valence-corrected chi connectivity index (χ1v) is 7.36. The van der Waals surface area contributed by atoms with Crippen LogP contribution in [0.1, 0.15) is 36.0 Å². The number of nitrogens with two attached hydrogens (primary N) is 1. The maximum atomic E-state index is 11.0. The summed E-state index contributed by atoms with van der Waals surface area (Å²) in [5, 5.41) is 0. The molecule has 0 aliphatic heterocycles. The highest BCUT2D eigenvalue weighted by Crippen LogP contribution is 2.23. The molecule has 0 bridgehead atoms. The van der Waals surface area contributed by atoms with Crippen LogP contribution in [0.2, 0.25) is 0 Å². The van der Waals surface area contributed by atoms with Gasteiger partial charge >= 0.3 is 0 Å². The Hall–Kier alpha value is -0.810. The predicted octanol–water partition coefficient (Wildman–Crippen LogP) is 1.72. The third kappa shape index (κ3) is 3.98. The highest BCUT2D eigenvalue weighted by molar-refractivity contribution is 7.90. The molecular weight excluding hydrogens is 226 g/mol. The molecule has 1 heterocycles. The van der Waals surface area contributed by atoms with Crippen LogP contribution in [0.15, 0.2) is 10.5 Å². The molecule has 1 aromatic rings. The molecule has 0 aromatic carbocycles. The number of aryl methyl sites for hydroxylation is 2. The second-order valence-corrected chi connectivity index (χ2v) is 6.51. The molecule has 0 spiro atoms. The van der Waals surface area contributed by atoms with Gasteiger partial charge in [0.1, 0.15) is 21.4 Å². The standard InChI is InChI=1S/C11H19NO3S/c1-8-7-10(9(2)15-8)11(12)5-4-6-16(3,13)14/h7,11H,4-6,12H2,1-3H3. The van der Waals surface area contributed by atoms with Gasteiger partial charge in [-0.15, -0.1) is 0 Å². The quantitative estimate of drug-likeness (QED) is 0.857. The van der Waals surface area contributed by atoms with Crippen molar-refractivity contribution in [2.75, 3.05) is 12.0 Å². The second-order valence-electron chi connectivity index (χ2n) is 4.25. The molecule has 0 saturated carbocycles. The van der Waals surface area contributed by atoms with Gasteiger partial charge in [-0.3, -0.25) is 0 Å². The zero-order chi connectivity index (χ0) is 12.3. The van der Waals surface area contributed by atoms with Gasteiger partial charge in [-0.05, 0) is 32.8 Å². The fourth-order valence-corrected chi connectivity index (χ4v) is 2.43. The largest absolute Gasteiger partial charge is 0.466 e. The van der Waals surface area contributed by atoms with Crippen molar-refractivity contribution in [3.8, 4) is 0 Å². The Bertz CT molecular complexity index is 448. The van der Waals surface area contributed by atoms with Crippen molar-refractivity contribution >= 4 is 9.84 Å². The van der Waals surface area contributed by atoms with Crippen molar-refractivity contribution < 1.29 is 12.8 Å². The van der Waals surface area contributed by atoms with Crippen LogP contribution in [-0.4, -0.2) is 20.4 Å². The third-order valence-corrected chi connectivity index (χ3v) is 3.54. The van der Waals surface area contributed by atoms with Crippen molar-refractivity contribution in [1.82, 2.24) is 0 Å². The fraction of sp³-hybridized carbons (Fsp3) is 0.636. The normalized spacial score (nSPS) is 14.0. The maximum absolute atomic E-state index is 11.0. The third-order valence-electron chi connectivity index (χ3n) is 2.51. The summed E-state index contributed by atoms with van der Waals surface area (Å²) in [6, 6.07) is 1.78.